The molecule has 39 heavy (non-hydrogen) atoms. The van der Waals surface area contributed by atoms with Crippen molar-refractivity contribution in [2.24, 2.45) is 0 Å². The second kappa shape index (κ2) is 11.1. The number of aromatic amines is 1. The number of rotatable bonds is 9. The van der Waals surface area contributed by atoms with Crippen LogP contribution in [-0.4, -0.2) is 49.1 Å². The largest absolute Gasteiger partial charge is 0.453 e. The molecule has 0 atom stereocenters. The molecule has 0 aliphatic heterocycles. The van der Waals surface area contributed by atoms with Crippen LogP contribution in [0.5, 0.6) is 11.5 Å². The summed E-state index contributed by atoms with van der Waals surface area (Å²) in [6.07, 6.45) is 3.24. The van der Waals surface area contributed by atoms with Gasteiger partial charge in [-0.15, -0.1) is 0 Å². The van der Waals surface area contributed by atoms with Crippen LogP contribution in [0.1, 0.15) is 16.8 Å². The lowest BCUT2D eigenvalue weighted by Gasteiger charge is -2.11. The number of carbonyl (C=O) groups is 1. The maximum atomic E-state index is 15.0. The number of aromatic nitrogens is 5. The highest BCUT2D eigenvalue weighted by Crippen LogP contribution is 2.34. The van der Waals surface area contributed by atoms with E-state index in [4.69, 9.17) is 9.84 Å². The number of benzene rings is 2. The Hall–Kier alpha value is -5.17. The molecule has 5 rings (SSSR count). The third kappa shape index (κ3) is 5.43. The number of hydrogen-bond acceptors (Lipinski definition) is 8. The topological polar surface area (TPSA) is 147 Å². The Bertz CT molecular complexity index is 1700. The summed E-state index contributed by atoms with van der Waals surface area (Å²) in [4.78, 5) is 29.8. The number of H-pyrrole nitrogens is 1. The van der Waals surface area contributed by atoms with Crippen molar-refractivity contribution >= 4 is 28.4 Å². The molecule has 5 aromatic rings. The molecule has 0 fully saturated rings. The summed E-state index contributed by atoms with van der Waals surface area (Å²) < 4.78 is 35.0. The average molecular weight is 533 g/mol. The second-order valence-electron chi connectivity index (χ2n) is 8.25. The van der Waals surface area contributed by atoms with Crippen LogP contribution in [-0.2, 0) is 0 Å². The van der Waals surface area contributed by atoms with Crippen LogP contribution in [0.15, 0.2) is 71.8 Å². The number of anilines is 2. The zero-order valence-corrected chi connectivity index (χ0v) is 20.2. The predicted molar refractivity (Wildman–Crippen MR) is 138 cm³/mol. The fourth-order valence-electron chi connectivity index (χ4n) is 3.75. The third-order valence-electron chi connectivity index (χ3n) is 5.62. The Balaban J connectivity index is 1.35. The highest BCUT2D eigenvalue weighted by molar-refractivity contribution is 6.04. The number of carbonyl (C=O) groups excluding carboxylic acids is 1. The lowest BCUT2D eigenvalue weighted by Crippen LogP contribution is -2.29. The fraction of sp³-hybridized carbons (Fsp3) is 0.115. The molecule has 0 unspecified atom stereocenters. The maximum Gasteiger partial charge on any atom is 0.284 e. The molecule has 0 saturated heterocycles. The molecule has 0 saturated carbocycles. The zero-order valence-electron chi connectivity index (χ0n) is 20.2. The first-order valence-corrected chi connectivity index (χ1v) is 11.8. The summed E-state index contributed by atoms with van der Waals surface area (Å²) in [6.45, 7) is 0.469. The molecule has 0 aliphatic rings. The van der Waals surface area contributed by atoms with Crippen LogP contribution in [0.25, 0.3) is 16.7 Å². The van der Waals surface area contributed by atoms with E-state index in [0.717, 1.165) is 10.7 Å². The Morgan fingerprint density at radius 1 is 1.05 bits per heavy atom. The van der Waals surface area contributed by atoms with Gasteiger partial charge in [0.25, 0.3) is 11.5 Å². The van der Waals surface area contributed by atoms with E-state index in [-0.39, 0.29) is 35.0 Å². The van der Waals surface area contributed by atoms with Crippen LogP contribution in [0, 0.1) is 11.6 Å². The van der Waals surface area contributed by atoms with Gasteiger partial charge in [-0.25, -0.2) is 13.8 Å². The highest BCUT2D eigenvalue weighted by atomic mass is 19.1. The minimum atomic E-state index is -0.779. The number of aliphatic hydroxyl groups is 1. The van der Waals surface area contributed by atoms with Crippen molar-refractivity contribution in [3.05, 3.63) is 94.5 Å². The first-order chi connectivity index (χ1) is 18.9. The molecule has 1 amide bonds. The van der Waals surface area contributed by atoms with Gasteiger partial charge in [-0.05, 0) is 48.9 Å². The number of amides is 1. The van der Waals surface area contributed by atoms with Crippen LogP contribution in [0.3, 0.4) is 0 Å². The van der Waals surface area contributed by atoms with Gasteiger partial charge in [0.1, 0.15) is 22.5 Å². The molecular weight excluding hydrogens is 512 g/mol. The van der Waals surface area contributed by atoms with Crippen LogP contribution in [0.2, 0.25) is 0 Å². The van der Waals surface area contributed by atoms with Gasteiger partial charge in [0.2, 0.25) is 0 Å². The Labute approximate surface area is 219 Å². The van der Waals surface area contributed by atoms with Gasteiger partial charge < -0.3 is 20.5 Å². The highest BCUT2D eigenvalue weighted by Gasteiger charge is 2.17. The van der Waals surface area contributed by atoms with Crippen molar-refractivity contribution in [2.75, 3.05) is 23.8 Å². The van der Waals surface area contributed by atoms with E-state index in [1.807, 2.05) is 0 Å². The van der Waals surface area contributed by atoms with Crippen molar-refractivity contribution < 1.29 is 23.4 Å². The van der Waals surface area contributed by atoms with Crippen molar-refractivity contribution in [1.29, 1.82) is 0 Å². The van der Waals surface area contributed by atoms with E-state index in [1.165, 1.54) is 54.9 Å². The van der Waals surface area contributed by atoms with E-state index < -0.39 is 23.1 Å². The van der Waals surface area contributed by atoms with Gasteiger partial charge in [-0.2, -0.15) is 14.9 Å². The lowest BCUT2D eigenvalue weighted by molar-refractivity contribution is 0.102. The molecule has 3 heterocycles. The summed E-state index contributed by atoms with van der Waals surface area (Å²) in [7, 11) is 0. The Morgan fingerprint density at radius 2 is 1.87 bits per heavy atom. The summed E-state index contributed by atoms with van der Waals surface area (Å²) in [6, 6.07) is 11.6. The molecule has 0 spiro atoms. The van der Waals surface area contributed by atoms with E-state index in [2.05, 4.69) is 30.9 Å². The first kappa shape index (κ1) is 25.5. The molecule has 3 aromatic heterocycles. The maximum absolute atomic E-state index is 15.0. The molecule has 0 aliphatic carbocycles. The number of fused-ring (bicyclic) bond motifs is 1. The van der Waals surface area contributed by atoms with Crippen molar-refractivity contribution in [2.45, 2.75) is 6.42 Å². The van der Waals surface area contributed by atoms with Gasteiger partial charge >= 0.3 is 0 Å². The van der Waals surface area contributed by atoms with Crippen molar-refractivity contribution in [3.8, 4) is 17.2 Å². The first-order valence-electron chi connectivity index (χ1n) is 11.8. The number of ether oxygens (including phenoxy) is 1. The quantitative estimate of drug-likeness (QED) is 0.210. The lowest BCUT2D eigenvalue weighted by atomic mass is 10.2. The monoisotopic (exact) mass is 533 g/mol. The van der Waals surface area contributed by atoms with E-state index in [9.17, 15) is 18.4 Å². The molecule has 198 valence electrons. The molecule has 0 bridgehead atoms. The summed E-state index contributed by atoms with van der Waals surface area (Å²) in [5.41, 5.74) is -0.184. The number of pyridine rings is 1. The molecule has 0 radical (unpaired) electrons. The normalized spacial score (nSPS) is 10.9. The van der Waals surface area contributed by atoms with Crippen LogP contribution < -0.4 is 20.9 Å². The summed E-state index contributed by atoms with van der Waals surface area (Å²) in [5, 5.41) is 25.9. The minimum Gasteiger partial charge on any atom is -0.453 e. The average Bonchev–Trinajstić information content (AvgIpc) is 3.35. The van der Waals surface area contributed by atoms with Gasteiger partial charge in [0.05, 0.1) is 5.69 Å². The molecule has 13 heteroatoms. The van der Waals surface area contributed by atoms with Gasteiger partial charge in [-0.3, -0.25) is 14.7 Å². The minimum absolute atomic E-state index is 0.0105. The predicted octanol–water partition coefficient (Wildman–Crippen LogP) is 3.62. The summed E-state index contributed by atoms with van der Waals surface area (Å²) >= 11 is 0. The van der Waals surface area contributed by atoms with E-state index in [0.29, 0.717) is 29.8 Å². The SMILES string of the molecule is O=C(Nc1ccc(Oc2ccnc3[nH]nc(NCCCO)c23)c(F)c1)c1ccnn(-c2ccc(F)cc2)c1=O. The van der Waals surface area contributed by atoms with Crippen molar-refractivity contribution in [3.63, 3.8) is 0 Å². The number of aliphatic hydroxyl groups excluding tert-OH is 1. The Kier molecular flexibility index (Phi) is 7.23. The smallest absolute Gasteiger partial charge is 0.284 e. The number of halogens is 2. The molecular formula is C26H21F2N7O4. The summed E-state index contributed by atoms with van der Waals surface area (Å²) in [5.74, 6) is -1.42. The molecule has 11 nitrogen and oxygen atoms in total. The standard InChI is InChI=1S/C26H21F2N7O4/c27-15-2-5-17(6-3-15)35-26(38)18(8-12-31-35)25(37)32-16-4-7-20(19(28)14-16)39-21-9-11-30-24-22(21)23(33-34-24)29-10-1-13-36/h2-9,11-12,14,36H,1,10,13H2,(H,32,37)(H2,29,30,33,34). The third-order valence-corrected chi connectivity index (χ3v) is 5.62. The van der Waals surface area contributed by atoms with Crippen LogP contribution >= 0.6 is 0 Å². The van der Waals surface area contributed by atoms with E-state index >= 15 is 0 Å². The second-order valence-corrected chi connectivity index (χ2v) is 8.25. The molecule has 4 N–H and O–H groups in total. The number of nitrogens with one attached hydrogen (secondary N) is 3. The van der Waals surface area contributed by atoms with Gasteiger partial charge in [0.15, 0.2) is 23.0 Å². The molecule has 2 aromatic carbocycles. The van der Waals surface area contributed by atoms with Gasteiger partial charge in [-0.1, -0.05) is 0 Å². The number of hydrogen-bond donors (Lipinski definition) is 4. The van der Waals surface area contributed by atoms with Crippen molar-refractivity contribution in [1.82, 2.24) is 25.0 Å². The zero-order chi connectivity index (χ0) is 27.4. The fourth-order valence-corrected chi connectivity index (χ4v) is 3.75. The Morgan fingerprint density at radius 3 is 2.64 bits per heavy atom. The number of nitrogens with zero attached hydrogens (tertiary/aromatic N) is 4. The van der Waals surface area contributed by atoms with E-state index in [1.54, 1.807) is 6.07 Å². The van der Waals surface area contributed by atoms with Gasteiger partial charge in [0, 0.05) is 43.4 Å². The van der Waals surface area contributed by atoms with Crippen LogP contribution in [0.4, 0.5) is 20.3 Å².